The molecule has 1 aliphatic rings. The summed E-state index contributed by atoms with van der Waals surface area (Å²) in [7, 11) is 1.57. The fourth-order valence-corrected chi connectivity index (χ4v) is 3.00. The average molecular weight is 355 g/mol. The topological polar surface area (TPSA) is 58.6 Å². The molecule has 0 unspecified atom stereocenters. The Morgan fingerprint density at radius 1 is 1.33 bits per heavy atom. The van der Waals surface area contributed by atoms with Crippen LogP contribution in [-0.4, -0.2) is 31.0 Å². The third kappa shape index (κ3) is 2.77. The van der Waals surface area contributed by atoms with Crippen molar-refractivity contribution in [3.8, 4) is 5.75 Å². The summed E-state index contributed by atoms with van der Waals surface area (Å²) in [5.41, 5.74) is -0.142. The van der Waals surface area contributed by atoms with Crippen molar-refractivity contribution in [3.63, 3.8) is 0 Å². The molecule has 0 spiro atoms. The number of piperazine rings is 1. The maximum atomic E-state index is 12.8. The van der Waals surface area contributed by atoms with E-state index in [1.54, 1.807) is 19.2 Å². The highest BCUT2D eigenvalue weighted by Crippen LogP contribution is 2.32. The molecule has 1 N–H and O–H groups in total. The Balaban J connectivity index is 2.42. The smallest absolute Gasteiger partial charge is 0.253 e. The van der Waals surface area contributed by atoms with Crippen molar-refractivity contribution < 1.29 is 14.3 Å². The minimum atomic E-state index is -0.810. The van der Waals surface area contributed by atoms with Crippen LogP contribution in [0.4, 0.5) is 5.69 Å². The second-order valence-corrected chi connectivity index (χ2v) is 5.90. The van der Waals surface area contributed by atoms with Crippen molar-refractivity contribution in [2.24, 2.45) is 0 Å². The summed E-state index contributed by atoms with van der Waals surface area (Å²) in [6.07, 6.45) is 1.14. The number of methoxy groups -OCH3 is 1. The highest BCUT2D eigenvalue weighted by molar-refractivity contribution is 9.10. The largest absolute Gasteiger partial charge is 0.495 e. The number of hydrogen-bond donors (Lipinski definition) is 1. The molecule has 1 saturated heterocycles. The summed E-state index contributed by atoms with van der Waals surface area (Å²) in [6.45, 7) is 3.85. The van der Waals surface area contributed by atoms with Crippen LogP contribution in [0.3, 0.4) is 0 Å². The molecule has 0 aliphatic carbocycles. The molecule has 2 rings (SSSR count). The van der Waals surface area contributed by atoms with E-state index < -0.39 is 5.54 Å². The summed E-state index contributed by atoms with van der Waals surface area (Å²) in [5, 5.41) is 2.85. The van der Waals surface area contributed by atoms with Crippen LogP contribution in [-0.2, 0) is 9.59 Å². The first-order chi connectivity index (χ1) is 9.97. The van der Waals surface area contributed by atoms with E-state index in [-0.39, 0.29) is 18.4 Å². The zero-order valence-electron chi connectivity index (χ0n) is 12.4. The summed E-state index contributed by atoms with van der Waals surface area (Å²) >= 11 is 3.38. The van der Waals surface area contributed by atoms with Crippen LogP contribution in [0.5, 0.6) is 5.75 Å². The fourth-order valence-electron chi connectivity index (χ4n) is 2.59. The molecule has 5 nitrogen and oxygen atoms in total. The number of ether oxygens (including phenoxy) is 1. The maximum Gasteiger partial charge on any atom is 0.253 e. The first-order valence-electron chi connectivity index (χ1n) is 6.94. The van der Waals surface area contributed by atoms with Crippen LogP contribution >= 0.6 is 15.9 Å². The van der Waals surface area contributed by atoms with E-state index in [1.165, 1.54) is 4.90 Å². The molecule has 0 atom stereocenters. The first-order valence-corrected chi connectivity index (χ1v) is 7.73. The van der Waals surface area contributed by atoms with E-state index in [1.807, 2.05) is 19.9 Å². The van der Waals surface area contributed by atoms with Crippen LogP contribution in [0.15, 0.2) is 22.7 Å². The number of amides is 2. The number of carbonyl (C=O) groups excluding carboxylic acids is 2. The lowest BCUT2D eigenvalue weighted by molar-refractivity contribution is -0.136. The predicted molar refractivity (Wildman–Crippen MR) is 84.5 cm³/mol. The Morgan fingerprint density at radius 2 is 2.00 bits per heavy atom. The van der Waals surface area contributed by atoms with Gasteiger partial charge in [0.2, 0.25) is 5.91 Å². The van der Waals surface area contributed by atoms with E-state index in [0.717, 1.165) is 4.47 Å². The minimum Gasteiger partial charge on any atom is -0.495 e. The summed E-state index contributed by atoms with van der Waals surface area (Å²) in [4.78, 5) is 26.3. The summed E-state index contributed by atoms with van der Waals surface area (Å²) < 4.78 is 6.06. The molecule has 1 aliphatic heterocycles. The van der Waals surface area contributed by atoms with Gasteiger partial charge in [0.05, 0.1) is 11.6 Å². The molecule has 0 bridgehead atoms. The van der Waals surface area contributed by atoms with E-state index >= 15 is 0 Å². The van der Waals surface area contributed by atoms with Crippen LogP contribution in [0.2, 0.25) is 0 Å². The predicted octanol–water partition coefficient (Wildman–Crippen LogP) is 2.48. The van der Waals surface area contributed by atoms with E-state index in [4.69, 9.17) is 4.74 Å². The van der Waals surface area contributed by atoms with Gasteiger partial charge in [-0.3, -0.25) is 9.59 Å². The van der Waals surface area contributed by atoms with Crippen LogP contribution in [0, 0.1) is 0 Å². The zero-order chi connectivity index (χ0) is 15.6. The molecule has 114 valence electrons. The standard InChI is InChI=1S/C15H19BrN2O3/c1-4-15(5-2)14(20)18(9-13(19)17-15)10-6-7-11(16)12(8-10)21-3/h6-8H,4-5,9H2,1-3H3,(H,17,19). The molecule has 0 radical (unpaired) electrons. The zero-order valence-corrected chi connectivity index (χ0v) is 14.0. The molecule has 6 heteroatoms. The number of carbonyl (C=O) groups is 2. The van der Waals surface area contributed by atoms with Crippen molar-refractivity contribution in [1.29, 1.82) is 0 Å². The van der Waals surface area contributed by atoms with Gasteiger partial charge in [0, 0.05) is 11.8 Å². The molecule has 2 amide bonds. The van der Waals surface area contributed by atoms with Gasteiger partial charge in [-0.25, -0.2) is 0 Å². The Bertz CT molecular complexity index is 570. The van der Waals surface area contributed by atoms with Crippen molar-refractivity contribution in [2.45, 2.75) is 32.2 Å². The van der Waals surface area contributed by atoms with E-state index in [9.17, 15) is 9.59 Å². The molecule has 0 saturated carbocycles. The molecule has 21 heavy (non-hydrogen) atoms. The van der Waals surface area contributed by atoms with Gasteiger partial charge in [-0.15, -0.1) is 0 Å². The molecule has 1 aromatic carbocycles. The Hall–Kier alpha value is -1.56. The normalized spacial score (nSPS) is 17.6. The summed E-state index contributed by atoms with van der Waals surface area (Å²) in [5.74, 6) is 0.418. The monoisotopic (exact) mass is 354 g/mol. The van der Waals surface area contributed by atoms with Crippen molar-refractivity contribution >= 4 is 33.4 Å². The van der Waals surface area contributed by atoms with Crippen molar-refractivity contribution in [2.75, 3.05) is 18.6 Å². The number of anilines is 1. The molecule has 0 aromatic heterocycles. The minimum absolute atomic E-state index is 0.0331. The van der Waals surface area contributed by atoms with Gasteiger partial charge < -0.3 is 15.0 Å². The highest BCUT2D eigenvalue weighted by Gasteiger charge is 2.44. The van der Waals surface area contributed by atoms with Gasteiger partial charge in [0.25, 0.3) is 5.91 Å². The van der Waals surface area contributed by atoms with Crippen LogP contribution in [0.25, 0.3) is 0 Å². The number of halogens is 1. The number of benzene rings is 1. The van der Waals surface area contributed by atoms with Crippen LogP contribution < -0.4 is 15.0 Å². The average Bonchev–Trinajstić information content (AvgIpc) is 2.50. The first kappa shape index (κ1) is 15.8. The molecular formula is C15H19BrN2O3. The Labute approximate surface area is 132 Å². The lowest BCUT2D eigenvalue weighted by atomic mass is 9.88. The second kappa shape index (κ2) is 6.05. The molecule has 1 aromatic rings. The highest BCUT2D eigenvalue weighted by atomic mass is 79.9. The summed E-state index contributed by atoms with van der Waals surface area (Å²) in [6, 6.07) is 5.38. The SMILES string of the molecule is CCC1(CC)NC(=O)CN(c2ccc(Br)c(OC)c2)C1=O. The number of nitrogens with zero attached hydrogens (tertiary/aromatic N) is 1. The lowest BCUT2D eigenvalue weighted by Gasteiger charge is -2.41. The second-order valence-electron chi connectivity index (χ2n) is 5.05. The molecular weight excluding hydrogens is 336 g/mol. The number of rotatable bonds is 4. The number of nitrogens with one attached hydrogen (secondary N) is 1. The Kier molecular flexibility index (Phi) is 4.56. The quantitative estimate of drug-likeness (QED) is 0.903. The van der Waals surface area contributed by atoms with E-state index in [0.29, 0.717) is 24.3 Å². The number of hydrogen-bond acceptors (Lipinski definition) is 3. The van der Waals surface area contributed by atoms with Gasteiger partial charge in [-0.1, -0.05) is 13.8 Å². The van der Waals surface area contributed by atoms with Gasteiger partial charge in [-0.2, -0.15) is 0 Å². The van der Waals surface area contributed by atoms with Crippen molar-refractivity contribution in [3.05, 3.63) is 22.7 Å². The van der Waals surface area contributed by atoms with Gasteiger partial charge >= 0.3 is 0 Å². The van der Waals surface area contributed by atoms with E-state index in [2.05, 4.69) is 21.2 Å². The third-order valence-corrected chi connectivity index (χ3v) is 4.64. The lowest BCUT2D eigenvalue weighted by Crippen LogP contribution is -2.66. The van der Waals surface area contributed by atoms with Crippen LogP contribution in [0.1, 0.15) is 26.7 Å². The van der Waals surface area contributed by atoms with Gasteiger partial charge in [-0.05, 0) is 40.9 Å². The Morgan fingerprint density at radius 3 is 2.57 bits per heavy atom. The fraction of sp³-hybridized carbons (Fsp3) is 0.467. The molecule has 1 heterocycles. The maximum absolute atomic E-state index is 12.8. The third-order valence-electron chi connectivity index (χ3n) is 3.99. The van der Waals surface area contributed by atoms with Gasteiger partial charge in [0.15, 0.2) is 0 Å². The molecule has 1 fully saturated rings. The van der Waals surface area contributed by atoms with Gasteiger partial charge in [0.1, 0.15) is 17.8 Å². The van der Waals surface area contributed by atoms with Crippen molar-refractivity contribution in [1.82, 2.24) is 5.32 Å².